The molecule has 0 aliphatic heterocycles. The Morgan fingerprint density at radius 1 is 1.30 bits per heavy atom. The molecule has 124 valence electrons. The Kier molecular flexibility index (Phi) is 4.01. The van der Waals surface area contributed by atoms with Gasteiger partial charge in [0.1, 0.15) is 10.7 Å². The van der Waals surface area contributed by atoms with Gasteiger partial charge >= 0.3 is 0 Å². The van der Waals surface area contributed by atoms with E-state index in [0.29, 0.717) is 17.0 Å². The lowest BCUT2D eigenvalue weighted by molar-refractivity contribution is 0.391. The van der Waals surface area contributed by atoms with Crippen LogP contribution in [0.5, 0.6) is 0 Å². The molecule has 1 aliphatic rings. The smallest absolute Gasteiger partial charge is 0.247 e. The summed E-state index contributed by atoms with van der Waals surface area (Å²) in [5.74, 6) is -0.381. The van der Waals surface area contributed by atoms with E-state index in [4.69, 9.17) is 0 Å². The Morgan fingerprint density at radius 2 is 1.96 bits per heavy atom. The lowest BCUT2D eigenvalue weighted by Gasteiger charge is -2.22. The van der Waals surface area contributed by atoms with Crippen molar-refractivity contribution in [3.05, 3.63) is 47.0 Å². The third kappa shape index (κ3) is 2.90. The Hall–Kier alpha value is -1.73. The first-order chi connectivity index (χ1) is 10.8. The molecule has 1 heterocycles. The Bertz CT molecular complexity index is 841. The molecule has 7 heteroatoms. The van der Waals surface area contributed by atoms with Crippen LogP contribution in [0.15, 0.2) is 29.2 Å². The molecule has 1 aromatic carbocycles. The Morgan fingerprint density at radius 3 is 2.48 bits per heavy atom. The summed E-state index contributed by atoms with van der Waals surface area (Å²) in [5.41, 5.74) is 1.47. The van der Waals surface area contributed by atoms with Crippen molar-refractivity contribution in [2.75, 3.05) is 0 Å². The van der Waals surface area contributed by atoms with Crippen molar-refractivity contribution in [2.24, 2.45) is 7.05 Å². The minimum atomic E-state index is -3.71. The van der Waals surface area contributed by atoms with E-state index < -0.39 is 10.0 Å². The minimum absolute atomic E-state index is 0.0491. The normalized spacial score (nSPS) is 15.3. The Labute approximate surface area is 135 Å². The van der Waals surface area contributed by atoms with Crippen LogP contribution in [0.3, 0.4) is 0 Å². The Balaban J connectivity index is 2.02. The van der Waals surface area contributed by atoms with Crippen LogP contribution in [0.25, 0.3) is 0 Å². The lowest BCUT2D eigenvalue weighted by atomic mass is 10.2. The summed E-state index contributed by atoms with van der Waals surface area (Å²) in [6.07, 6.45) is 1.62. The van der Waals surface area contributed by atoms with Crippen LogP contribution in [-0.2, 0) is 23.6 Å². The molecule has 2 aromatic rings. The molecule has 1 aliphatic carbocycles. The second-order valence-corrected chi connectivity index (χ2v) is 7.82. The topological polar surface area (TPSA) is 55.2 Å². The summed E-state index contributed by atoms with van der Waals surface area (Å²) < 4.78 is 43.2. The van der Waals surface area contributed by atoms with Crippen molar-refractivity contribution in [1.82, 2.24) is 14.1 Å². The first kappa shape index (κ1) is 16.1. The first-order valence-corrected chi connectivity index (χ1v) is 9.02. The van der Waals surface area contributed by atoms with E-state index in [1.807, 2.05) is 0 Å². The number of aryl methyl sites for hydroxylation is 2. The van der Waals surface area contributed by atoms with Crippen LogP contribution >= 0.6 is 0 Å². The molecule has 5 nitrogen and oxygen atoms in total. The monoisotopic (exact) mass is 337 g/mol. The molecule has 1 fully saturated rings. The van der Waals surface area contributed by atoms with E-state index in [1.165, 1.54) is 10.4 Å². The lowest BCUT2D eigenvalue weighted by Crippen LogP contribution is -2.33. The van der Waals surface area contributed by atoms with Crippen LogP contribution < -0.4 is 0 Å². The highest BCUT2D eigenvalue weighted by Gasteiger charge is 2.40. The molecule has 0 unspecified atom stereocenters. The van der Waals surface area contributed by atoms with Crippen LogP contribution in [-0.4, -0.2) is 28.5 Å². The summed E-state index contributed by atoms with van der Waals surface area (Å²) >= 11 is 0. The van der Waals surface area contributed by atoms with Gasteiger partial charge in [-0.1, -0.05) is 18.2 Å². The molecular weight excluding hydrogens is 317 g/mol. The maximum atomic E-state index is 13.9. The average molecular weight is 337 g/mol. The molecule has 23 heavy (non-hydrogen) atoms. The van der Waals surface area contributed by atoms with Gasteiger partial charge in [0.2, 0.25) is 10.0 Å². The highest BCUT2D eigenvalue weighted by Crippen LogP contribution is 2.35. The van der Waals surface area contributed by atoms with Gasteiger partial charge in [-0.15, -0.1) is 0 Å². The summed E-state index contributed by atoms with van der Waals surface area (Å²) in [4.78, 5) is 0.239. The molecule has 1 saturated carbocycles. The molecule has 0 saturated heterocycles. The molecular formula is C16H20FN3O2S. The van der Waals surface area contributed by atoms with Gasteiger partial charge in [0.25, 0.3) is 0 Å². The van der Waals surface area contributed by atoms with Crippen LogP contribution in [0, 0.1) is 19.7 Å². The molecule has 0 amide bonds. The highest BCUT2D eigenvalue weighted by atomic mass is 32.2. The second kappa shape index (κ2) is 5.72. The molecule has 1 aromatic heterocycles. The van der Waals surface area contributed by atoms with Crippen molar-refractivity contribution >= 4 is 10.0 Å². The molecule has 0 spiro atoms. The summed E-state index contributed by atoms with van der Waals surface area (Å²) in [5, 5.41) is 4.20. The van der Waals surface area contributed by atoms with Gasteiger partial charge in [-0.3, -0.25) is 4.68 Å². The number of aromatic nitrogens is 2. The van der Waals surface area contributed by atoms with Gasteiger partial charge in [0.15, 0.2) is 0 Å². The zero-order valence-corrected chi connectivity index (χ0v) is 14.3. The largest absolute Gasteiger partial charge is 0.271 e. The number of nitrogens with zero attached hydrogens (tertiary/aromatic N) is 3. The van der Waals surface area contributed by atoms with Gasteiger partial charge < -0.3 is 0 Å². The third-order valence-electron chi connectivity index (χ3n) is 4.25. The van der Waals surface area contributed by atoms with Gasteiger partial charge in [-0.25, -0.2) is 12.8 Å². The number of rotatable bonds is 5. The zero-order valence-electron chi connectivity index (χ0n) is 13.5. The number of hydrogen-bond acceptors (Lipinski definition) is 3. The molecule has 0 radical (unpaired) electrons. The van der Waals surface area contributed by atoms with Gasteiger partial charge in [-0.05, 0) is 32.8 Å². The fourth-order valence-corrected chi connectivity index (χ4v) is 4.88. The standard InChI is InChI=1S/C16H20FN3O2S/c1-11-16(12(2)19(3)18-11)23(21,22)20(14-8-9-14)10-13-6-4-5-7-15(13)17/h4-7,14H,8-10H2,1-3H3. The molecule has 0 atom stereocenters. The number of hydrogen-bond donors (Lipinski definition) is 0. The summed E-state index contributed by atoms with van der Waals surface area (Å²) in [7, 11) is -1.99. The van der Waals surface area contributed by atoms with Crippen molar-refractivity contribution in [3.63, 3.8) is 0 Å². The predicted molar refractivity (Wildman–Crippen MR) is 84.8 cm³/mol. The van der Waals surface area contributed by atoms with Gasteiger partial charge in [-0.2, -0.15) is 9.40 Å². The third-order valence-corrected chi connectivity index (χ3v) is 6.40. The fourth-order valence-electron chi connectivity index (χ4n) is 2.81. The molecule has 0 bridgehead atoms. The van der Waals surface area contributed by atoms with Gasteiger partial charge in [0.05, 0.1) is 11.4 Å². The van der Waals surface area contributed by atoms with Crippen LogP contribution in [0.1, 0.15) is 29.8 Å². The van der Waals surface area contributed by atoms with E-state index in [0.717, 1.165) is 12.8 Å². The van der Waals surface area contributed by atoms with Crippen molar-refractivity contribution in [2.45, 2.75) is 44.2 Å². The van der Waals surface area contributed by atoms with E-state index in [2.05, 4.69) is 5.10 Å². The number of halogens is 1. The van der Waals surface area contributed by atoms with Crippen molar-refractivity contribution < 1.29 is 12.8 Å². The SMILES string of the molecule is Cc1nn(C)c(C)c1S(=O)(=O)N(Cc1ccccc1F)C1CC1. The zero-order chi connectivity index (χ0) is 16.8. The summed E-state index contributed by atoms with van der Waals surface area (Å²) in [6.45, 7) is 3.47. The highest BCUT2D eigenvalue weighted by molar-refractivity contribution is 7.89. The molecule has 0 N–H and O–H groups in total. The maximum Gasteiger partial charge on any atom is 0.247 e. The van der Waals surface area contributed by atoms with E-state index in [-0.39, 0.29) is 23.3 Å². The van der Waals surface area contributed by atoms with Crippen molar-refractivity contribution in [3.8, 4) is 0 Å². The van der Waals surface area contributed by atoms with Gasteiger partial charge in [0, 0.05) is 25.2 Å². The van der Waals surface area contributed by atoms with E-state index in [1.54, 1.807) is 43.8 Å². The minimum Gasteiger partial charge on any atom is -0.271 e. The number of sulfonamides is 1. The average Bonchev–Trinajstić information content (AvgIpc) is 3.26. The second-order valence-electron chi connectivity index (χ2n) is 6.00. The van der Waals surface area contributed by atoms with E-state index in [9.17, 15) is 12.8 Å². The van der Waals surface area contributed by atoms with Crippen molar-refractivity contribution in [1.29, 1.82) is 0 Å². The summed E-state index contributed by atoms with van der Waals surface area (Å²) in [6, 6.07) is 6.25. The fraction of sp³-hybridized carbons (Fsp3) is 0.438. The first-order valence-electron chi connectivity index (χ1n) is 7.58. The quantitative estimate of drug-likeness (QED) is 0.842. The van der Waals surface area contributed by atoms with E-state index >= 15 is 0 Å². The van der Waals surface area contributed by atoms with Crippen LogP contribution in [0.2, 0.25) is 0 Å². The maximum absolute atomic E-state index is 13.9. The number of benzene rings is 1. The predicted octanol–water partition coefficient (Wildman–Crippen LogP) is 2.53. The van der Waals surface area contributed by atoms with Crippen LogP contribution in [0.4, 0.5) is 4.39 Å². The molecule has 3 rings (SSSR count).